The third-order valence-corrected chi connectivity index (χ3v) is 3.90. The molecule has 0 atom stereocenters. The van der Waals surface area contributed by atoms with Crippen LogP contribution in [-0.2, 0) is 6.54 Å². The second kappa shape index (κ2) is 8.25. The normalized spacial score (nSPS) is 11.5. The number of hydrogen-bond donors (Lipinski definition) is 0. The fourth-order valence-electron chi connectivity index (χ4n) is 2.46. The Morgan fingerprint density at radius 2 is 1.89 bits per heavy atom. The number of rotatable bonds is 6. The van der Waals surface area contributed by atoms with Crippen LogP contribution in [0.5, 0.6) is 6.01 Å². The predicted octanol–water partition coefficient (Wildman–Crippen LogP) is 3.60. The van der Waals surface area contributed by atoms with Crippen molar-refractivity contribution in [3.05, 3.63) is 70.0 Å². The summed E-state index contributed by atoms with van der Waals surface area (Å²) in [5.41, 5.74) is 1.86. The van der Waals surface area contributed by atoms with E-state index in [4.69, 9.17) is 4.74 Å². The second-order valence-electron chi connectivity index (χ2n) is 6.01. The molecule has 2 heterocycles. The summed E-state index contributed by atoms with van der Waals surface area (Å²) in [6, 6.07) is 7.13. The zero-order valence-corrected chi connectivity index (χ0v) is 16.7. The molecule has 0 N–H and O–H groups in total. The SMILES string of the molecule is Cc1cc(F)cc(Cn2nc(-c3cnc(OCC(F)(F)I)nc3)ccc2=O)c1. The average Bonchev–Trinajstić information content (AvgIpc) is 2.61. The summed E-state index contributed by atoms with van der Waals surface area (Å²) in [6.07, 6.45) is 2.72. The lowest BCUT2D eigenvalue weighted by Gasteiger charge is -2.10. The average molecular weight is 502 g/mol. The number of benzene rings is 1. The van der Waals surface area contributed by atoms with E-state index in [-0.39, 0.29) is 23.9 Å². The predicted molar refractivity (Wildman–Crippen MR) is 104 cm³/mol. The first-order valence-electron chi connectivity index (χ1n) is 8.06. The minimum Gasteiger partial charge on any atom is -0.456 e. The molecule has 10 heteroatoms. The molecule has 0 spiro atoms. The Labute approximate surface area is 171 Å². The highest BCUT2D eigenvalue weighted by Crippen LogP contribution is 2.23. The summed E-state index contributed by atoms with van der Waals surface area (Å²) < 4.78 is 42.2. The largest absolute Gasteiger partial charge is 0.456 e. The Hall–Kier alpha value is -2.50. The Morgan fingerprint density at radius 3 is 2.54 bits per heavy atom. The summed E-state index contributed by atoms with van der Waals surface area (Å²) in [5.74, 6) is -0.389. The van der Waals surface area contributed by atoms with Gasteiger partial charge in [0, 0.05) is 46.6 Å². The summed E-state index contributed by atoms with van der Waals surface area (Å²) in [6.45, 7) is 1.01. The maximum atomic E-state index is 13.6. The van der Waals surface area contributed by atoms with E-state index >= 15 is 0 Å². The molecule has 0 amide bonds. The summed E-state index contributed by atoms with van der Waals surface area (Å²) >= 11 is 0.959. The van der Waals surface area contributed by atoms with Gasteiger partial charge in [-0.05, 0) is 36.2 Å². The van der Waals surface area contributed by atoms with Gasteiger partial charge in [-0.25, -0.2) is 19.0 Å². The molecule has 2 aromatic heterocycles. The molecule has 28 heavy (non-hydrogen) atoms. The maximum Gasteiger partial charge on any atom is 0.329 e. The number of ether oxygens (including phenoxy) is 1. The van der Waals surface area contributed by atoms with Crippen LogP contribution in [0.25, 0.3) is 11.3 Å². The molecule has 1 aromatic carbocycles. The number of halogens is 4. The molecule has 0 bridgehead atoms. The molecule has 0 aliphatic heterocycles. The van der Waals surface area contributed by atoms with E-state index in [2.05, 4.69) is 15.1 Å². The number of nitrogens with zero attached hydrogens (tertiary/aromatic N) is 4. The third-order valence-electron chi connectivity index (χ3n) is 3.59. The molecular formula is C18H14F3IN4O2. The first-order valence-corrected chi connectivity index (χ1v) is 9.14. The standard InChI is InChI=1S/C18H14F3IN4O2/c1-11-4-12(6-14(19)5-11)9-26-16(27)3-2-15(25-26)13-7-23-17(24-8-13)28-10-18(20,21)22/h2-8H,9-10H2,1H3. The van der Waals surface area contributed by atoms with Gasteiger partial charge in [-0.1, -0.05) is 6.07 Å². The van der Waals surface area contributed by atoms with Crippen molar-refractivity contribution in [2.75, 3.05) is 6.61 Å². The molecule has 0 radical (unpaired) electrons. The topological polar surface area (TPSA) is 69.9 Å². The van der Waals surface area contributed by atoms with Gasteiger partial charge in [0.15, 0.2) is 6.61 Å². The van der Waals surface area contributed by atoms with E-state index in [9.17, 15) is 18.0 Å². The van der Waals surface area contributed by atoms with Gasteiger partial charge in [0.25, 0.3) is 5.56 Å². The van der Waals surface area contributed by atoms with Crippen LogP contribution in [-0.4, -0.2) is 30.3 Å². The smallest absolute Gasteiger partial charge is 0.329 e. The molecule has 3 rings (SSSR count). The zero-order valence-electron chi connectivity index (χ0n) is 14.6. The molecule has 0 aliphatic carbocycles. The van der Waals surface area contributed by atoms with Crippen molar-refractivity contribution < 1.29 is 17.9 Å². The Morgan fingerprint density at radius 1 is 1.18 bits per heavy atom. The van der Waals surface area contributed by atoms with Gasteiger partial charge in [-0.3, -0.25) is 4.79 Å². The Bertz CT molecular complexity index is 1020. The van der Waals surface area contributed by atoms with Crippen LogP contribution in [0, 0.1) is 12.7 Å². The minimum absolute atomic E-state index is 0.0953. The first kappa shape index (κ1) is 20.2. The highest BCUT2D eigenvalue weighted by molar-refractivity contribution is 14.1. The van der Waals surface area contributed by atoms with E-state index in [1.165, 1.54) is 41.3 Å². The summed E-state index contributed by atoms with van der Waals surface area (Å²) in [5, 5.41) is 4.25. The zero-order chi connectivity index (χ0) is 20.3. The molecule has 3 aromatic rings. The van der Waals surface area contributed by atoms with Crippen molar-refractivity contribution in [3.8, 4) is 17.3 Å². The van der Waals surface area contributed by atoms with Gasteiger partial charge < -0.3 is 4.74 Å². The van der Waals surface area contributed by atoms with Crippen molar-refractivity contribution in [2.24, 2.45) is 0 Å². The highest BCUT2D eigenvalue weighted by Gasteiger charge is 2.25. The van der Waals surface area contributed by atoms with Crippen LogP contribution in [0.1, 0.15) is 11.1 Å². The van der Waals surface area contributed by atoms with Gasteiger partial charge in [-0.2, -0.15) is 13.9 Å². The molecule has 6 nitrogen and oxygen atoms in total. The van der Waals surface area contributed by atoms with Gasteiger partial charge in [0.2, 0.25) is 0 Å². The van der Waals surface area contributed by atoms with E-state index < -0.39 is 10.5 Å². The van der Waals surface area contributed by atoms with Crippen molar-refractivity contribution in [2.45, 2.75) is 17.4 Å². The molecule has 0 saturated carbocycles. The summed E-state index contributed by atoms with van der Waals surface area (Å²) in [7, 11) is 0. The molecule has 0 aliphatic rings. The monoisotopic (exact) mass is 502 g/mol. The van der Waals surface area contributed by atoms with Crippen molar-refractivity contribution in [1.82, 2.24) is 19.7 Å². The van der Waals surface area contributed by atoms with Crippen LogP contribution in [0.2, 0.25) is 0 Å². The minimum atomic E-state index is -3.02. The van der Waals surface area contributed by atoms with Gasteiger partial charge >= 0.3 is 9.94 Å². The number of hydrogen-bond acceptors (Lipinski definition) is 5. The maximum absolute atomic E-state index is 13.6. The van der Waals surface area contributed by atoms with Crippen LogP contribution in [0.4, 0.5) is 13.2 Å². The van der Waals surface area contributed by atoms with Crippen molar-refractivity contribution in [3.63, 3.8) is 0 Å². The fourth-order valence-corrected chi connectivity index (χ4v) is 2.62. The van der Waals surface area contributed by atoms with Crippen LogP contribution < -0.4 is 10.3 Å². The van der Waals surface area contributed by atoms with Gasteiger partial charge in [-0.15, -0.1) is 0 Å². The third kappa shape index (κ3) is 5.50. The molecule has 0 saturated heterocycles. The number of aromatic nitrogens is 4. The number of alkyl halides is 3. The van der Waals surface area contributed by atoms with Gasteiger partial charge in [0.05, 0.1) is 12.2 Å². The lowest BCUT2D eigenvalue weighted by atomic mass is 10.1. The first-order chi connectivity index (χ1) is 13.2. The Balaban J connectivity index is 1.82. The highest BCUT2D eigenvalue weighted by atomic mass is 127. The van der Waals surface area contributed by atoms with E-state index in [1.807, 2.05) is 0 Å². The van der Waals surface area contributed by atoms with E-state index in [1.54, 1.807) is 13.0 Å². The van der Waals surface area contributed by atoms with Gasteiger partial charge in [0.1, 0.15) is 5.82 Å². The van der Waals surface area contributed by atoms with E-state index in [0.29, 0.717) is 16.8 Å². The summed E-state index contributed by atoms with van der Waals surface area (Å²) in [4.78, 5) is 19.8. The molecule has 0 unspecified atom stereocenters. The second-order valence-corrected chi connectivity index (χ2v) is 7.59. The van der Waals surface area contributed by atoms with Crippen LogP contribution in [0.15, 0.2) is 47.5 Å². The molecule has 0 fully saturated rings. The van der Waals surface area contributed by atoms with E-state index in [0.717, 1.165) is 28.2 Å². The lowest BCUT2D eigenvalue weighted by Crippen LogP contribution is -2.23. The Kier molecular flexibility index (Phi) is 5.96. The molecular weight excluding hydrogens is 488 g/mol. The lowest BCUT2D eigenvalue weighted by molar-refractivity contribution is 0.0603. The van der Waals surface area contributed by atoms with Crippen LogP contribution >= 0.6 is 22.6 Å². The van der Waals surface area contributed by atoms with Crippen LogP contribution in [0.3, 0.4) is 0 Å². The quantitative estimate of drug-likeness (QED) is 0.381. The van der Waals surface area contributed by atoms with Crippen molar-refractivity contribution >= 4 is 22.6 Å². The number of aryl methyl sites for hydroxylation is 1. The van der Waals surface area contributed by atoms with Crippen molar-refractivity contribution in [1.29, 1.82) is 0 Å². The fraction of sp³-hybridized carbons (Fsp3) is 0.222. The molecule has 146 valence electrons.